The summed E-state index contributed by atoms with van der Waals surface area (Å²) in [5, 5.41) is 14.6. The maximum Gasteiger partial charge on any atom is 0.0522 e. The van der Waals surface area contributed by atoms with Crippen molar-refractivity contribution < 1.29 is 14.9 Å². The first kappa shape index (κ1) is 17.8. The fourth-order valence-electron chi connectivity index (χ4n) is 0.544. The van der Waals surface area contributed by atoms with Gasteiger partial charge in [0, 0.05) is 13.7 Å². The highest BCUT2D eigenvalue weighted by Gasteiger charge is 1.94. The zero-order valence-corrected chi connectivity index (χ0v) is 9.16. The van der Waals surface area contributed by atoms with Gasteiger partial charge in [0.15, 0.2) is 0 Å². The lowest BCUT2D eigenvalue weighted by Crippen LogP contribution is -2.09. The Morgan fingerprint density at radius 1 is 1.00 bits per heavy atom. The van der Waals surface area contributed by atoms with Gasteiger partial charge in [-0.15, -0.1) is 0 Å². The zero-order chi connectivity index (χ0) is 10.6. The molecule has 0 saturated heterocycles. The molecule has 0 atom stereocenters. The Balaban J connectivity index is -0.000000137. The first-order valence-corrected chi connectivity index (χ1v) is 4.25. The maximum absolute atomic E-state index is 7.57. The van der Waals surface area contributed by atoms with Crippen LogP contribution in [0, 0.1) is 0 Å². The number of aliphatic hydroxyl groups excluding tert-OH is 2. The van der Waals surface area contributed by atoms with Gasteiger partial charge >= 0.3 is 0 Å². The van der Waals surface area contributed by atoms with Crippen molar-refractivity contribution in [3.63, 3.8) is 0 Å². The van der Waals surface area contributed by atoms with E-state index in [4.69, 9.17) is 14.9 Å². The van der Waals surface area contributed by atoms with Crippen LogP contribution < -0.4 is 0 Å². The third kappa shape index (κ3) is 51.8. The monoisotopic (exact) mass is 180 g/mol. The van der Waals surface area contributed by atoms with E-state index < -0.39 is 0 Å². The van der Waals surface area contributed by atoms with Crippen molar-refractivity contribution in [1.82, 2.24) is 0 Å². The Morgan fingerprint density at radius 2 is 1.17 bits per heavy atom. The zero-order valence-electron chi connectivity index (χ0n) is 9.16. The first-order valence-electron chi connectivity index (χ1n) is 4.25. The minimum atomic E-state index is 0.250. The molecule has 0 heterocycles. The molecule has 3 nitrogen and oxygen atoms in total. The molecule has 0 aromatic rings. The third-order valence-electron chi connectivity index (χ3n) is 0.544. The standard InChI is InChI=1S/C6H14O.C2H6O.CH4O/c1-5(2)7-6(3)4;1-2-3;1-2/h5-6H,1-4H3;3H,2H2,1H3;2H,1H3. The fraction of sp³-hybridized carbons (Fsp3) is 1.00. The quantitative estimate of drug-likeness (QED) is 0.676. The van der Waals surface area contributed by atoms with E-state index in [1.807, 2.05) is 27.7 Å². The fourth-order valence-corrected chi connectivity index (χ4v) is 0.544. The number of ether oxygens (including phenoxy) is 1. The highest BCUT2D eigenvalue weighted by Crippen LogP contribution is 1.93. The van der Waals surface area contributed by atoms with Crippen LogP contribution in [0.25, 0.3) is 0 Å². The van der Waals surface area contributed by atoms with Crippen molar-refractivity contribution >= 4 is 0 Å². The van der Waals surface area contributed by atoms with Crippen LogP contribution in [0.2, 0.25) is 0 Å². The van der Waals surface area contributed by atoms with Crippen LogP contribution in [0.3, 0.4) is 0 Å². The van der Waals surface area contributed by atoms with E-state index in [0.29, 0.717) is 12.2 Å². The van der Waals surface area contributed by atoms with Crippen LogP contribution in [0.5, 0.6) is 0 Å². The summed E-state index contributed by atoms with van der Waals surface area (Å²) >= 11 is 0. The Kier molecular flexibility index (Phi) is 25.4. The molecule has 3 heteroatoms. The van der Waals surface area contributed by atoms with Gasteiger partial charge < -0.3 is 14.9 Å². The van der Waals surface area contributed by atoms with Gasteiger partial charge in [0.25, 0.3) is 0 Å². The SMILES string of the molecule is CC(C)OC(C)C.CCO.CO. The molecular weight excluding hydrogens is 156 g/mol. The van der Waals surface area contributed by atoms with Crippen molar-refractivity contribution in [3.05, 3.63) is 0 Å². The van der Waals surface area contributed by atoms with Crippen molar-refractivity contribution in [2.24, 2.45) is 0 Å². The molecule has 2 N–H and O–H groups in total. The number of hydrogen-bond donors (Lipinski definition) is 2. The van der Waals surface area contributed by atoms with Gasteiger partial charge in [-0.05, 0) is 34.6 Å². The smallest absolute Gasteiger partial charge is 0.0522 e. The van der Waals surface area contributed by atoms with Gasteiger partial charge in [0.2, 0.25) is 0 Å². The van der Waals surface area contributed by atoms with E-state index in [9.17, 15) is 0 Å². The Hall–Kier alpha value is -0.120. The average molecular weight is 180 g/mol. The summed E-state index contributed by atoms with van der Waals surface area (Å²) in [6, 6.07) is 0. The molecule has 0 aromatic heterocycles. The normalized spacial score (nSPS) is 8.50. The first-order chi connectivity index (χ1) is 5.54. The van der Waals surface area contributed by atoms with Gasteiger partial charge in [-0.1, -0.05) is 0 Å². The molecule has 0 rings (SSSR count). The molecule has 0 aliphatic carbocycles. The van der Waals surface area contributed by atoms with E-state index in [0.717, 1.165) is 7.11 Å². The summed E-state index contributed by atoms with van der Waals surface area (Å²) < 4.78 is 5.25. The topological polar surface area (TPSA) is 49.7 Å². The predicted octanol–water partition coefficient (Wildman–Crippen LogP) is 1.43. The molecule has 0 aliphatic rings. The van der Waals surface area contributed by atoms with Gasteiger partial charge in [0.1, 0.15) is 0 Å². The van der Waals surface area contributed by atoms with Crippen LogP contribution in [0.15, 0.2) is 0 Å². The Morgan fingerprint density at radius 3 is 1.17 bits per heavy atom. The molecule has 0 spiro atoms. The summed E-state index contributed by atoms with van der Waals surface area (Å²) in [6.45, 7) is 10.1. The second-order valence-electron chi connectivity index (χ2n) is 2.55. The summed E-state index contributed by atoms with van der Waals surface area (Å²) in [6.07, 6.45) is 0.750. The van der Waals surface area contributed by atoms with Gasteiger partial charge in [-0.3, -0.25) is 0 Å². The van der Waals surface area contributed by atoms with E-state index in [-0.39, 0.29) is 6.61 Å². The average Bonchev–Trinajstić information content (AvgIpc) is 1.90. The van der Waals surface area contributed by atoms with Crippen molar-refractivity contribution in [2.75, 3.05) is 13.7 Å². The molecule has 0 amide bonds. The molecule has 0 aliphatic heterocycles. The van der Waals surface area contributed by atoms with E-state index in [1.165, 1.54) is 0 Å². The van der Waals surface area contributed by atoms with Gasteiger partial charge in [0.05, 0.1) is 12.2 Å². The molecule has 0 unspecified atom stereocenters. The van der Waals surface area contributed by atoms with E-state index in [1.54, 1.807) is 6.92 Å². The van der Waals surface area contributed by atoms with Crippen molar-refractivity contribution in [3.8, 4) is 0 Å². The summed E-state index contributed by atoms with van der Waals surface area (Å²) in [4.78, 5) is 0. The van der Waals surface area contributed by atoms with Crippen LogP contribution in [-0.2, 0) is 4.74 Å². The lowest BCUT2D eigenvalue weighted by Gasteiger charge is -2.09. The third-order valence-corrected chi connectivity index (χ3v) is 0.544. The number of hydrogen-bond acceptors (Lipinski definition) is 3. The predicted molar refractivity (Wildman–Crippen MR) is 52.3 cm³/mol. The summed E-state index contributed by atoms with van der Waals surface area (Å²) in [7, 11) is 1.00. The Labute approximate surface area is 76.4 Å². The lowest BCUT2D eigenvalue weighted by molar-refractivity contribution is 0.0300. The van der Waals surface area contributed by atoms with E-state index in [2.05, 4.69) is 0 Å². The summed E-state index contributed by atoms with van der Waals surface area (Å²) in [5.41, 5.74) is 0. The highest BCUT2D eigenvalue weighted by atomic mass is 16.5. The molecule has 12 heavy (non-hydrogen) atoms. The van der Waals surface area contributed by atoms with Crippen molar-refractivity contribution in [1.29, 1.82) is 0 Å². The van der Waals surface area contributed by atoms with Gasteiger partial charge in [-0.2, -0.15) is 0 Å². The maximum atomic E-state index is 7.57. The molecule has 0 saturated carbocycles. The Bertz CT molecular complexity index is 47.7. The largest absolute Gasteiger partial charge is 0.400 e. The van der Waals surface area contributed by atoms with Crippen LogP contribution >= 0.6 is 0 Å². The molecule has 78 valence electrons. The van der Waals surface area contributed by atoms with Crippen LogP contribution in [0.4, 0.5) is 0 Å². The molecule has 0 radical (unpaired) electrons. The van der Waals surface area contributed by atoms with Crippen molar-refractivity contribution in [2.45, 2.75) is 46.8 Å². The highest BCUT2D eigenvalue weighted by molar-refractivity contribution is 4.40. The van der Waals surface area contributed by atoms with Crippen LogP contribution in [0.1, 0.15) is 34.6 Å². The molecule has 0 bridgehead atoms. The molecule has 0 fully saturated rings. The second-order valence-corrected chi connectivity index (χ2v) is 2.55. The number of rotatable bonds is 2. The minimum Gasteiger partial charge on any atom is -0.400 e. The van der Waals surface area contributed by atoms with Gasteiger partial charge in [-0.25, -0.2) is 0 Å². The van der Waals surface area contributed by atoms with E-state index >= 15 is 0 Å². The molecule has 0 aromatic carbocycles. The lowest BCUT2D eigenvalue weighted by atomic mass is 10.4. The summed E-state index contributed by atoms with van der Waals surface area (Å²) in [5.74, 6) is 0. The number of aliphatic hydroxyl groups is 2. The van der Waals surface area contributed by atoms with Crippen LogP contribution in [-0.4, -0.2) is 36.1 Å². The molecular formula is C9H24O3. The second kappa shape index (κ2) is 17.1. The minimum absolute atomic E-state index is 0.250.